The first kappa shape index (κ1) is 24.7. The van der Waals surface area contributed by atoms with Gasteiger partial charge in [-0.05, 0) is 53.8 Å². The maximum atomic E-state index is 14.1. The number of nitrogens with one attached hydrogen (secondary N) is 1. The quantitative estimate of drug-likeness (QED) is 0.440. The Labute approximate surface area is 211 Å². The zero-order chi connectivity index (χ0) is 25.9. The SMILES string of the molecule is O=C1N[C@]2(CCc3cc(Br)ccc32)C(=O)N1CC(=O)N(Cc1ccc(F)cc1)C1(C(F)(F)F)COC1. The van der Waals surface area contributed by atoms with E-state index in [1.807, 2.05) is 6.07 Å². The predicted molar refractivity (Wildman–Crippen MR) is 121 cm³/mol. The molecule has 2 aromatic carbocycles. The first-order valence-corrected chi connectivity index (χ1v) is 11.9. The third kappa shape index (κ3) is 3.78. The summed E-state index contributed by atoms with van der Waals surface area (Å²) in [5.74, 6) is -2.34. The van der Waals surface area contributed by atoms with Crippen molar-refractivity contribution in [3.63, 3.8) is 0 Å². The van der Waals surface area contributed by atoms with Gasteiger partial charge in [-0.2, -0.15) is 13.2 Å². The smallest absolute Gasteiger partial charge is 0.376 e. The maximum Gasteiger partial charge on any atom is 0.416 e. The van der Waals surface area contributed by atoms with Crippen LogP contribution in [0.3, 0.4) is 0 Å². The molecule has 7 nitrogen and oxygen atoms in total. The Hall–Kier alpha value is -2.99. The van der Waals surface area contributed by atoms with Gasteiger partial charge in [-0.25, -0.2) is 9.18 Å². The summed E-state index contributed by atoms with van der Waals surface area (Å²) in [5, 5.41) is 2.66. The predicted octanol–water partition coefficient (Wildman–Crippen LogP) is 3.64. The van der Waals surface area contributed by atoms with Crippen LogP contribution in [0.2, 0.25) is 0 Å². The van der Waals surface area contributed by atoms with E-state index in [9.17, 15) is 31.9 Å². The molecule has 0 radical (unpaired) electrons. The average molecular weight is 570 g/mol. The number of urea groups is 1. The molecule has 5 rings (SSSR count). The third-order valence-corrected chi connectivity index (χ3v) is 7.54. The summed E-state index contributed by atoms with van der Waals surface area (Å²) in [7, 11) is 0. The highest BCUT2D eigenvalue weighted by atomic mass is 79.9. The van der Waals surface area contributed by atoms with Crippen molar-refractivity contribution in [1.82, 2.24) is 15.1 Å². The number of imide groups is 1. The second kappa shape index (κ2) is 8.55. The topological polar surface area (TPSA) is 79.0 Å². The Bertz CT molecular complexity index is 1250. The van der Waals surface area contributed by atoms with Crippen molar-refractivity contribution in [2.45, 2.75) is 36.6 Å². The number of aryl methyl sites for hydroxylation is 1. The van der Waals surface area contributed by atoms with E-state index in [2.05, 4.69) is 21.2 Å². The summed E-state index contributed by atoms with van der Waals surface area (Å²) in [6.07, 6.45) is -4.06. The molecule has 1 N–H and O–H groups in total. The molecule has 1 aliphatic carbocycles. The molecule has 0 aromatic heterocycles. The molecule has 0 saturated carbocycles. The highest BCUT2D eigenvalue weighted by molar-refractivity contribution is 9.10. The van der Waals surface area contributed by atoms with E-state index in [1.54, 1.807) is 12.1 Å². The number of hydrogen-bond acceptors (Lipinski definition) is 4. The number of carbonyl (C=O) groups is 3. The van der Waals surface area contributed by atoms with Crippen molar-refractivity contribution in [2.75, 3.05) is 19.8 Å². The second-order valence-electron chi connectivity index (χ2n) is 9.16. The lowest BCUT2D eigenvalue weighted by Gasteiger charge is -2.50. The number of ether oxygens (including phenoxy) is 1. The van der Waals surface area contributed by atoms with Gasteiger partial charge in [0.05, 0.1) is 13.2 Å². The van der Waals surface area contributed by atoms with Gasteiger partial charge in [0.1, 0.15) is 17.9 Å². The van der Waals surface area contributed by atoms with Crippen LogP contribution in [0.25, 0.3) is 0 Å². The summed E-state index contributed by atoms with van der Waals surface area (Å²) in [6.45, 7) is -2.95. The van der Waals surface area contributed by atoms with Crippen molar-refractivity contribution in [3.8, 4) is 0 Å². The van der Waals surface area contributed by atoms with Gasteiger partial charge in [0.2, 0.25) is 5.91 Å². The zero-order valence-electron chi connectivity index (χ0n) is 18.7. The molecule has 3 aliphatic rings. The van der Waals surface area contributed by atoms with Crippen molar-refractivity contribution < 1.29 is 36.7 Å². The van der Waals surface area contributed by atoms with Crippen molar-refractivity contribution in [3.05, 3.63) is 69.4 Å². The van der Waals surface area contributed by atoms with Crippen LogP contribution in [0.5, 0.6) is 0 Å². The highest BCUT2D eigenvalue weighted by Gasteiger charge is 2.65. The van der Waals surface area contributed by atoms with Gasteiger partial charge < -0.3 is 15.0 Å². The van der Waals surface area contributed by atoms with Crippen LogP contribution >= 0.6 is 15.9 Å². The van der Waals surface area contributed by atoms with Crippen molar-refractivity contribution in [2.24, 2.45) is 0 Å². The normalized spacial score (nSPS) is 22.4. The Balaban J connectivity index is 1.44. The fourth-order valence-corrected chi connectivity index (χ4v) is 5.41. The molecular formula is C24H20BrF4N3O4. The van der Waals surface area contributed by atoms with Gasteiger partial charge in [-0.3, -0.25) is 14.5 Å². The summed E-state index contributed by atoms with van der Waals surface area (Å²) < 4.78 is 61.4. The van der Waals surface area contributed by atoms with E-state index in [1.165, 1.54) is 12.1 Å². The minimum Gasteiger partial charge on any atom is -0.376 e. The molecule has 2 fully saturated rings. The highest BCUT2D eigenvalue weighted by Crippen LogP contribution is 2.44. The van der Waals surface area contributed by atoms with Crippen LogP contribution in [0.15, 0.2) is 46.9 Å². The van der Waals surface area contributed by atoms with Gasteiger partial charge in [0, 0.05) is 11.0 Å². The minimum atomic E-state index is -4.84. The van der Waals surface area contributed by atoms with Crippen molar-refractivity contribution in [1.29, 1.82) is 0 Å². The maximum absolute atomic E-state index is 14.1. The number of carbonyl (C=O) groups excluding carboxylic acids is 3. The second-order valence-corrected chi connectivity index (χ2v) is 10.1. The Morgan fingerprint density at radius 1 is 1.14 bits per heavy atom. The molecule has 0 bridgehead atoms. The van der Waals surface area contributed by atoms with Crippen LogP contribution in [0.4, 0.5) is 22.4 Å². The molecule has 12 heteroatoms. The van der Waals surface area contributed by atoms with Gasteiger partial charge in [0.15, 0.2) is 5.54 Å². The van der Waals surface area contributed by atoms with Crippen LogP contribution in [0, 0.1) is 5.82 Å². The Kier molecular flexibility index (Phi) is 5.86. The van der Waals surface area contributed by atoms with E-state index in [4.69, 9.17) is 4.74 Å². The van der Waals surface area contributed by atoms with Crippen LogP contribution in [-0.2, 0) is 32.8 Å². The molecule has 36 heavy (non-hydrogen) atoms. The van der Waals surface area contributed by atoms with E-state index in [0.29, 0.717) is 21.8 Å². The summed E-state index contributed by atoms with van der Waals surface area (Å²) >= 11 is 3.37. The molecule has 4 amide bonds. The number of benzene rings is 2. The number of alkyl halides is 3. The standard InChI is InChI=1S/C24H20BrF4N3O4/c25-16-3-6-18-15(9-16)7-8-23(18)20(34)31(21(35)30-23)11-19(33)32(10-14-1-4-17(26)5-2-14)22(12-36-13-22)24(27,28)29/h1-6,9H,7-8,10-13H2,(H,30,35)/t23-/m0/s1. The summed E-state index contributed by atoms with van der Waals surface area (Å²) in [6, 6.07) is 9.13. The fourth-order valence-electron chi connectivity index (χ4n) is 5.00. The lowest BCUT2D eigenvalue weighted by Crippen LogP contribution is -2.72. The average Bonchev–Trinajstić information content (AvgIpc) is 3.24. The van der Waals surface area contributed by atoms with Gasteiger partial charge >= 0.3 is 12.2 Å². The molecule has 1 atom stereocenters. The first-order valence-electron chi connectivity index (χ1n) is 11.1. The molecular weight excluding hydrogens is 550 g/mol. The number of amides is 4. The zero-order valence-corrected chi connectivity index (χ0v) is 20.3. The molecule has 0 unspecified atom stereocenters. The van der Waals surface area contributed by atoms with Crippen molar-refractivity contribution >= 4 is 33.8 Å². The lowest BCUT2D eigenvalue weighted by atomic mass is 9.91. The number of hydrogen-bond donors (Lipinski definition) is 1. The molecule has 2 aromatic rings. The summed E-state index contributed by atoms with van der Waals surface area (Å²) in [4.78, 5) is 40.9. The van der Waals surface area contributed by atoms with E-state index in [0.717, 1.165) is 22.2 Å². The molecule has 2 heterocycles. The van der Waals surface area contributed by atoms with Crippen LogP contribution < -0.4 is 5.32 Å². The largest absolute Gasteiger partial charge is 0.416 e. The minimum absolute atomic E-state index is 0.254. The van der Waals surface area contributed by atoms with E-state index in [-0.39, 0.29) is 12.0 Å². The van der Waals surface area contributed by atoms with Gasteiger partial charge in [-0.1, -0.05) is 34.1 Å². The van der Waals surface area contributed by atoms with E-state index >= 15 is 0 Å². The number of rotatable bonds is 5. The first-order chi connectivity index (χ1) is 17.0. The fraction of sp³-hybridized carbons (Fsp3) is 0.375. The number of nitrogens with zero attached hydrogens (tertiary/aromatic N) is 2. The molecule has 2 aliphatic heterocycles. The van der Waals surface area contributed by atoms with Gasteiger partial charge in [-0.15, -0.1) is 0 Å². The van der Waals surface area contributed by atoms with Crippen LogP contribution in [-0.4, -0.2) is 59.1 Å². The van der Waals surface area contributed by atoms with Gasteiger partial charge in [0.25, 0.3) is 5.91 Å². The Morgan fingerprint density at radius 2 is 1.83 bits per heavy atom. The Morgan fingerprint density at radius 3 is 2.44 bits per heavy atom. The molecule has 190 valence electrons. The van der Waals surface area contributed by atoms with E-state index < -0.39 is 67.2 Å². The molecule has 2 saturated heterocycles. The lowest BCUT2D eigenvalue weighted by molar-refractivity contribution is -0.302. The number of fused-ring (bicyclic) bond motifs is 2. The third-order valence-electron chi connectivity index (χ3n) is 7.05. The van der Waals surface area contributed by atoms with Crippen LogP contribution in [0.1, 0.15) is 23.1 Å². The monoisotopic (exact) mass is 569 g/mol. The number of halogens is 5. The molecule has 1 spiro atoms. The summed E-state index contributed by atoms with van der Waals surface area (Å²) in [5.41, 5.74) is -2.28.